The molecule has 0 spiro atoms. The molecule has 0 aromatic heterocycles. The molecule has 0 saturated carbocycles. The van der Waals surface area contributed by atoms with Crippen LogP contribution in [0, 0.1) is 5.92 Å². The molecule has 0 bridgehead atoms. The van der Waals surface area contributed by atoms with Gasteiger partial charge in [-0.25, -0.2) is 0 Å². The number of thioether (sulfide) groups is 1. The van der Waals surface area contributed by atoms with Gasteiger partial charge in [0, 0.05) is 13.1 Å². The number of carboxylic acids is 1. The van der Waals surface area contributed by atoms with Crippen LogP contribution in [0.25, 0.3) is 0 Å². The van der Waals surface area contributed by atoms with Gasteiger partial charge in [0.1, 0.15) is 5.25 Å². The van der Waals surface area contributed by atoms with Crippen LogP contribution in [0.3, 0.4) is 0 Å². The number of hydrogen-bond acceptors (Lipinski definition) is 3. The van der Waals surface area contributed by atoms with Crippen LogP contribution < -0.4 is 0 Å². The molecule has 1 aliphatic heterocycles. The average molecular weight is 287 g/mol. The lowest BCUT2D eigenvalue weighted by Gasteiger charge is -2.26. The molecule has 4 nitrogen and oxygen atoms in total. The van der Waals surface area contributed by atoms with Crippen molar-refractivity contribution in [3.8, 4) is 0 Å². The van der Waals surface area contributed by atoms with Crippen molar-refractivity contribution in [2.75, 3.05) is 13.1 Å². The van der Waals surface area contributed by atoms with Crippen LogP contribution in [-0.4, -0.2) is 45.5 Å². The molecule has 2 unspecified atom stereocenters. The highest BCUT2D eigenvalue weighted by molar-refractivity contribution is 8.01. The smallest absolute Gasteiger partial charge is 0.316 e. The molecule has 19 heavy (non-hydrogen) atoms. The van der Waals surface area contributed by atoms with Crippen LogP contribution in [0.5, 0.6) is 0 Å². The fraction of sp³-hybridized carbons (Fsp3) is 0.857. The molecule has 0 aromatic carbocycles. The summed E-state index contributed by atoms with van der Waals surface area (Å²) in [6.07, 6.45) is 4.51. The monoisotopic (exact) mass is 287 g/mol. The number of likely N-dealkylation sites (tertiary alicyclic amines) is 1. The zero-order valence-electron chi connectivity index (χ0n) is 12.1. The molecule has 1 heterocycles. The first kappa shape index (κ1) is 16.3. The molecular formula is C14H25NO3S. The van der Waals surface area contributed by atoms with Gasteiger partial charge in [-0.1, -0.05) is 26.7 Å². The summed E-state index contributed by atoms with van der Waals surface area (Å²) in [6, 6.07) is 0. The number of carboxylic acid groups (broad SMARTS) is 1. The number of hydrogen-bond donors (Lipinski definition) is 1. The van der Waals surface area contributed by atoms with Crippen molar-refractivity contribution >= 4 is 23.6 Å². The summed E-state index contributed by atoms with van der Waals surface area (Å²) in [7, 11) is 0. The number of nitrogens with zero attached hydrogens (tertiary/aromatic N) is 1. The molecule has 0 aromatic rings. The van der Waals surface area contributed by atoms with Crippen LogP contribution in [0.2, 0.25) is 0 Å². The van der Waals surface area contributed by atoms with Crippen molar-refractivity contribution in [1.82, 2.24) is 4.90 Å². The SMILES string of the molecule is CC(SC(C(=O)O)C(C)C)C(=O)N1CCCCCC1. The van der Waals surface area contributed by atoms with E-state index in [1.165, 1.54) is 24.6 Å². The Morgan fingerprint density at radius 3 is 2.00 bits per heavy atom. The standard InChI is InChI=1S/C14H25NO3S/c1-10(2)12(14(17)18)19-11(3)13(16)15-8-6-4-5-7-9-15/h10-12H,4-9H2,1-3H3,(H,17,18). The van der Waals surface area contributed by atoms with Crippen molar-refractivity contribution in [2.45, 2.75) is 57.0 Å². The van der Waals surface area contributed by atoms with Crippen LogP contribution in [0.1, 0.15) is 46.5 Å². The number of amides is 1. The summed E-state index contributed by atoms with van der Waals surface area (Å²) in [5, 5.41) is 8.40. The average Bonchev–Trinajstić information content (AvgIpc) is 2.62. The molecule has 2 atom stereocenters. The minimum atomic E-state index is -0.824. The fourth-order valence-electron chi connectivity index (χ4n) is 2.33. The zero-order chi connectivity index (χ0) is 14.4. The molecule has 1 fully saturated rings. The van der Waals surface area contributed by atoms with Gasteiger partial charge in [0.2, 0.25) is 5.91 Å². The second-order valence-electron chi connectivity index (χ2n) is 5.52. The van der Waals surface area contributed by atoms with Crippen LogP contribution in [0.4, 0.5) is 0 Å². The van der Waals surface area contributed by atoms with Gasteiger partial charge in [0.15, 0.2) is 0 Å². The van der Waals surface area contributed by atoms with Gasteiger partial charge >= 0.3 is 5.97 Å². The summed E-state index contributed by atoms with van der Waals surface area (Å²) >= 11 is 1.28. The Labute approximate surface area is 119 Å². The molecule has 1 saturated heterocycles. The quantitative estimate of drug-likeness (QED) is 0.844. The summed E-state index contributed by atoms with van der Waals surface area (Å²) < 4.78 is 0. The van der Waals surface area contributed by atoms with Crippen molar-refractivity contribution in [1.29, 1.82) is 0 Å². The minimum absolute atomic E-state index is 0.0295. The van der Waals surface area contributed by atoms with Crippen molar-refractivity contribution < 1.29 is 14.7 Å². The maximum Gasteiger partial charge on any atom is 0.316 e. The second-order valence-corrected chi connectivity index (χ2v) is 7.01. The Morgan fingerprint density at radius 1 is 1.05 bits per heavy atom. The first-order valence-corrected chi connectivity index (χ1v) is 8.04. The lowest BCUT2D eigenvalue weighted by molar-refractivity contribution is -0.137. The van der Waals surface area contributed by atoms with Gasteiger partial charge < -0.3 is 10.0 Å². The topological polar surface area (TPSA) is 57.6 Å². The van der Waals surface area contributed by atoms with Crippen molar-refractivity contribution in [3.63, 3.8) is 0 Å². The molecule has 1 aliphatic rings. The summed E-state index contributed by atoms with van der Waals surface area (Å²) in [6.45, 7) is 7.24. The van der Waals surface area contributed by atoms with Gasteiger partial charge in [-0.15, -0.1) is 11.8 Å². The van der Waals surface area contributed by atoms with E-state index in [9.17, 15) is 14.7 Å². The normalized spacial score (nSPS) is 19.9. The van der Waals surface area contributed by atoms with E-state index in [1.807, 2.05) is 25.7 Å². The highest BCUT2D eigenvalue weighted by Crippen LogP contribution is 2.26. The largest absolute Gasteiger partial charge is 0.480 e. The maximum absolute atomic E-state index is 12.3. The van der Waals surface area contributed by atoms with E-state index >= 15 is 0 Å². The third-order valence-corrected chi connectivity index (χ3v) is 5.11. The van der Waals surface area contributed by atoms with E-state index in [0.717, 1.165) is 25.9 Å². The van der Waals surface area contributed by atoms with Gasteiger partial charge in [0.05, 0.1) is 5.25 Å². The molecular weight excluding hydrogens is 262 g/mol. The predicted octanol–water partition coefficient (Wildman–Crippen LogP) is 2.62. The summed E-state index contributed by atoms with van der Waals surface area (Å²) in [4.78, 5) is 25.4. The van der Waals surface area contributed by atoms with Crippen molar-refractivity contribution in [3.05, 3.63) is 0 Å². The lowest BCUT2D eigenvalue weighted by atomic mass is 10.1. The Morgan fingerprint density at radius 2 is 1.58 bits per heavy atom. The van der Waals surface area contributed by atoms with Crippen LogP contribution >= 0.6 is 11.8 Å². The van der Waals surface area contributed by atoms with Gasteiger partial charge in [0.25, 0.3) is 0 Å². The van der Waals surface area contributed by atoms with Gasteiger partial charge in [-0.05, 0) is 25.7 Å². The van der Waals surface area contributed by atoms with Crippen molar-refractivity contribution in [2.24, 2.45) is 5.92 Å². The molecule has 0 radical (unpaired) electrons. The number of carbonyl (C=O) groups is 2. The van der Waals surface area contributed by atoms with E-state index in [1.54, 1.807) is 0 Å². The highest BCUT2D eigenvalue weighted by Gasteiger charge is 2.29. The maximum atomic E-state index is 12.3. The third kappa shape index (κ3) is 5.05. The first-order valence-electron chi connectivity index (χ1n) is 7.10. The lowest BCUT2D eigenvalue weighted by Crippen LogP contribution is -2.39. The van der Waals surface area contributed by atoms with E-state index in [2.05, 4.69) is 0 Å². The van der Waals surface area contributed by atoms with Crippen LogP contribution in [-0.2, 0) is 9.59 Å². The van der Waals surface area contributed by atoms with E-state index in [0.29, 0.717) is 0 Å². The minimum Gasteiger partial charge on any atom is -0.480 e. The Bertz CT molecular complexity index is 312. The summed E-state index contributed by atoms with van der Waals surface area (Å²) in [5.41, 5.74) is 0. The van der Waals surface area contributed by atoms with Gasteiger partial charge in [-0.3, -0.25) is 9.59 Å². The molecule has 1 rings (SSSR count). The molecule has 1 amide bonds. The summed E-state index contributed by atoms with van der Waals surface area (Å²) in [5.74, 6) is -0.698. The molecule has 0 aliphatic carbocycles. The van der Waals surface area contributed by atoms with E-state index in [-0.39, 0.29) is 17.1 Å². The van der Waals surface area contributed by atoms with Crippen LogP contribution in [0.15, 0.2) is 0 Å². The number of rotatable bonds is 5. The highest BCUT2D eigenvalue weighted by atomic mass is 32.2. The van der Waals surface area contributed by atoms with Gasteiger partial charge in [-0.2, -0.15) is 0 Å². The number of aliphatic carboxylic acids is 1. The molecule has 1 N–H and O–H groups in total. The van der Waals surface area contributed by atoms with E-state index in [4.69, 9.17) is 0 Å². The predicted molar refractivity (Wildman–Crippen MR) is 78.4 cm³/mol. The van der Waals surface area contributed by atoms with E-state index < -0.39 is 11.2 Å². The first-order chi connectivity index (χ1) is 8.93. The Hall–Kier alpha value is -0.710. The molecule has 110 valence electrons. The second kappa shape index (κ2) is 7.78. The number of carbonyl (C=O) groups excluding carboxylic acids is 1. The Balaban J connectivity index is 2.57. The zero-order valence-corrected chi connectivity index (χ0v) is 12.9. The Kier molecular flexibility index (Phi) is 6.69. The molecule has 5 heteroatoms. The third-order valence-electron chi connectivity index (χ3n) is 3.47. The fourth-order valence-corrected chi connectivity index (χ4v) is 3.46.